The van der Waals surface area contributed by atoms with Gasteiger partial charge in [0.15, 0.2) is 0 Å². The molecule has 1 amide bonds. The molecule has 4 heteroatoms. The maximum atomic E-state index is 12.2. The second-order valence-electron chi connectivity index (χ2n) is 4.87. The fraction of sp³-hybridized carbons (Fsp3) is 0.533. The normalized spacial score (nSPS) is 12.3. The van der Waals surface area contributed by atoms with E-state index in [4.69, 9.17) is 5.73 Å². The Hall–Kier alpha value is -1.71. The summed E-state index contributed by atoms with van der Waals surface area (Å²) in [7, 11) is 1.89. The van der Waals surface area contributed by atoms with Gasteiger partial charge in [-0.25, -0.2) is 0 Å². The summed E-state index contributed by atoms with van der Waals surface area (Å²) in [4.78, 5) is 14.1. The van der Waals surface area contributed by atoms with E-state index in [0.29, 0.717) is 5.69 Å². The smallest absolute Gasteiger partial charge is 0.242 e. The van der Waals surface area contributed by atoms with Gasteiger partial charge in [-0.3, -0.25) is 4.79 Å². The number of likely N-dealkylation sites (N-methyl/N-ethyl adjacent to an activating group) is 1. The third-order valence-corrected chi connectivity index (χ3v) is 3.61. The molecule has 0 spiro atoms. The zero-order valence-electron chi connectivity index (χ0n) is 12.3. The van der Waals surface area contributed by atoms with Crippen LogP contribution in [0.1, 0.15) is 33.6 Å². The minimum absolute atomic E-state index is 0.0412. The summed E-state index contributed by atoms with van der Waals surface area (Å²) in [6.45, 7) is 6.06. The van der Waals surface area contributed by atoms with Crippen LogP contribution in [0.5, 0.6) is 0 Å². The summed E-state index contributed by atoms with van der Waals surface area (Å²) in [5.74, 6) is 0.0412. The predicted molar refractivity (Wildman–Crippen MR) is 81.2 cm³/mol. The molecule has 1 atom stereocenters. The van der Waals surface area contributed by atoms with Gasteiger partial charge in [-0.05, 0) is 31.9 Å². The van der Waals surface area contributed by atoms with E-state index in [-0.39, 0.29) is 18.0 Å². The molecule has 0 radical (unpaired) electrons. The van der Waals surface area contributed by atoms with Crippen LogP contribution in [-0.2, 0) is 4.79 Å². The van der Waals surface area contributed by atoms with E-state index < -0.39 is 0 Å². The van der Waals surface area contributed by atoms with Gasteiger partial charge in [0.2, 0.25) is 5.91 Å². The zero-order chi connectivity index (χ0) is 14.4. The Labute approximate surface area is 116 Å². The number of hydrogen-bond acceptors (Lipinski definition) is 3. The molecule has 0 aliphatic heterocycles. The van der Waals surface area contributed by atoms with Crippen molar-refractivity contribution >= 4 is 17.3 Å². The highest BCUT2D eigenvalue weighted by molar-refractivity contribution is 5.86. The molecule has 0 bridgehead atoms. The molecule has 1 unspecified atom stereocenters. The number of hydrogen-bond donors (Lipinski definition) is 2. The van der Waals surface area contributed by atoms with Crippen LogP contribution >= 0.6 is 0 Å². The van der Waals surface area contributed by atoms with Crippen LogP contribution in [0, 0.1) is 0 Å². The molecule has 0 saturated carbocycles. The van der Waals surface area contributed by atoms with E-state index >= 15 is 0 Å². The van der Waals surface area contributed by atoms with E-state index in [0.717, 1.165) is 18.5 Å². The molecule has 0 aromatic heterocycles. The Bertz CT molecular complexity index is 416. The molecule has 3 N–H and O–H groups in total. The van der Waals surface area contributed by atoms with Gasteiger partial charge in [-0.15, -0.1) is 0 Å². The summed E-state index contributed by atoms with van der Waals surface area (Å²) in [6.07, 6.45) is 1.90. The fourth-order valence-electron chi connectivity index (χ4n) is 2.01. The summed E-state index contributed by atoms with van der Waals surface area (Å²) < 4.78 is 0. The number of rotatable bonds is 6. The van der Waals surface area contributed by atoms with Crippen molar-refractivity contribution in [3.8, 4) is 0 Å². The molecule has 0 fully saturated rings. The number of para-hydroxylation sites is 2. The van der Waals surface area contributed by atoms with E-state index in [1.807, 2.05) is 43.1 Å². The number of nitrogens with two attached hydrogens (primary N) is 1. The number of nitrogen functional groups attached to an aromatic ring is 1. The highest BCUT2D eigenvalue weighted by Crippen LogP contribution is 2.22. The van der Waals surface area contributed by atoms with Gasteiger partial charge in [0.1, 0.15) is 6.04 Å². The molecule has 1 aromatic carbocycles. The van der Waals surface area contributed by atoms with Crippen LogP contribution in [0.3, 0.4) is 0 Å². The average Bonchev–Trinajstić information content (AvgIpc) is 2.43. The van der Waals surface area contributed by atoms with E-state index in [2.05, 4.69) is 19.2 Å². The largest absolute Gasteiger partial charge is 0.397 e. The average molecular weight is 263 g/mol. The molecule has 106 valence electrons. The maximum absolute atomic E-state index is 12.2. The SMILES string of the molecule is CCC(CC)NC(=O)C(C)N(C)c1ccccc1N. The molecule has 0 aliphatic carbocycles. The van der Waals surface area contributed by atoms with Crippen molar-refractivity contribution in [2.75, 3.05) is 17.7 Å². The van der Waals surface area contributed by atoms with Crippen LogP contribution in [0.15, 0.2) is 24.3 Å². The number of nitrogens with one attached hydrogen (secondary N) is 1. The maximum Gasteiger partial charge on any atom is 0.242 e. The monoisotopic (exact) mass is 263 g/mol. The Balaban J connectivity index is 2.74. The van der Waals surface area contributed by atoms with Gasteiger partial charge in [-0.1, -0.05) is 26.0 Å². The summed E-state index contributed by atoms with van der Waals surface area (Å²) in [5, 5.41) is 3.06. The van der Waals surface area contributed by atoms with Crippen LogP contribution < -0.4 is 16.0 Å². The predicted octanol–water partition coefficient (Wildman–Crippen LogP) is 2.40. The van der Waals surface area contributed by atoms with Gasteiger partial charge >= 0.3 is 0 Å². The molecular weight excluding hydrogens is 238 g/mol. The summed E-state index contributed by atoms with van der Waals surface area (Å²) in [6, 6.07) is 7.59. The molecule has 4 nitrogen and oxygen atoms in total. The molecule has 19 heavy (non-hydrogen) atoms. The second kappa shape index (κ2) is 7.02. The first-order valence-electron chi connectivity index (χ1n) is 6.88. The lowest BCUT2D eigenvalue weighted by molar-refractivity contribution is -0.122. The fourth-order valence-corrected chi connectivity index (χ4v) is 2.01. The van der Waals surface area contributed by atoms with E-state index in [1.165, 1.54) is 0 Å². The molecule has 1 rings (SSSR count). The number of amides is 1. The van der Waals surface area contributed by atoms with E-state index in [1.54, 1.807) is 0 Å². The van der Waals surface area contributed by atoms with Crippen molar-refractivity contribution in [1.82, 2.24) is 5.32 Å². The highest BCUT2D eigenvalue weighted by Gasteiger charge is 2.21. The Morgan fingerprint density at radius 1 is 1.32 bits per heavy atom. The first kappa shape index (κ1) is 15.3. The first-order valence-corrected chi connectivity index (χ1v) is 6.88. The van der Waals surface area contributed by atoms with Crippen LogP contribution in [0.2, 0.25) is 0 Å². The summed E-state index contributed by atoms with van der Waals surface area (Å²) in [5.41, 5.74) is 7.51. The third-order valence-electron chi connectivity index (χ3n) is 3.61. The topological polar surface area (TPSA) is 58.4 Å². The Kier molecular flexibility index (Phi) is 5.67. The van der Waals surface area contributed by atoms with Crippen molar-refractivity contribution in [2.24, 2.45) is 0 Å². The lowest BCUT2D eigenvalue weighted by Gasteiger charge is -2.28. The number of benzene rings is 1. The van der Waals surface area contributed by atoms with Gasteiger partial charge < -0.3 is 16.0 Å². The zero-order valence-corrected chi connectivity index (χ0v) is 12.3. The minimum Gasteiger partial charge on any atom is -0.397 e. The van der Waals surface area contributed by atoms with Crippen LogP contribution in [0.4, 0.5) is 11.4 Å². The lowest BCUT2D eigenvalue weighted by atomic mass is 10.1. The number of nitrogens with zero attached hydrogens (tertiary/aromatic N) is 1. The highest BCUT2D eigenvalue weighted by atomic mass is 16.2. The van der Waals surface area contributed by atoms with Gasteiger partial charge in [0.05, 0.1) is 11.4 Å². The first-order chi connectivity index (χ1) is 9.01. The van der Waals surface area contributed by atoms with Gasteiger partial charge in [0.25, 0.3) is 0 Å². The summed E-state index contributed by atoms with van der Waals surface area (Å²) >= 11 is 0. The number of carbonyl (C=O) groups excluding carboxylic acids is 1. The standard InChI is InChI=1S/C15H25N3O/c1-5-12(6-2)17-15(19)11(3)18(4)14-10-8-7-9-13(14)16/h7-12H,5-6,16H2,1-4H3,(H,17,19). The van der Waals surface area contributed by atoms with Crippen LogP contribution in [-0.4, -0.2) is 25.0 Å². The Morgan fingerprint density at radius 3 is 2.42 bits per heavy atom. The molecule has 1 aromatic rings. The third kappa shape index (κ3) is 3.88. The molecular formula is C15H25N3O. The Morgan fingerprint density at radius 2 is 1.89 bits per heavy atom. The molecule has 0 heterocycles. The second-order valence-corrected chi connectivity index (χ2v) is 4.87. The van der Waals surface area contributed by atoms with Gasteiger partial charge in [0, 0.05) is 13.1 Å². The van der Waals surface area contributed by atoms with Crippen molar-refractivity contribution in [3.05, 3.63) is 24.3 Å². The van der Waals surface area contributed by atoms with Crippen molar-refractivity contribution in [1.29, 1.82) is 0 Å². The van der Waals surface area contributed by atoms with Gasteiger partial charge in [-0.2, -0.15) is 0 Å². The molecule has 0 aliphatic rings. The van der Waals surface area contributed by atoms with E-state index in [9.17, 15) is 4.79 Å². The number of carbonyl (C=O) groups is 1. The number of anilines is 2. The van der Waals surface area contributed by atoms with Crippen molar-refractivity contribution in [3.63, 3.8) is 0 Å². The lowest BCUT2D eigenvalue weighted by Crippen LogP contribution is -2.47. The van der Waals surface area contributed by atoms with Crippen molar-refractivity contribution < 1.29 is 4.79 Å². The van der Waals surface area contributed by atoms with Crippen molar-refractivity contribution in [2.45, 2.75) is 45.7 Å². The quantitative estimate of drug-likeness (QED) is 0.775. The minimum atomic E-state index is -0.245. The van der Waals surface area contributed by atoms with Crippen LogP contribution in [0.25, 0.3) is 0 Å². The molecule has 0 saturated heterocycles.